The molecule has 1 fully saturated rings. The molecule has 0 aliphatic carbocycles. The molecule has 0 spiro atoms. The predicted molar refractivity (Wildman–Crippen MR) is 113 cm³/mol. The third-order valence-corrected chi connectivity index (χ3v) is 6.04. The number of hydrogen-bond acceptors (Lipinski definition) is 5. The lowest BCUT2D eigenvalue weighted by Gasteiger charge is -2.28. The van der Waals surface area contributed by atoms with E-state index in [4.69, 9.17) is 9.47 Å². The summed E-state index contributed by atoms with van der Waals surface area (Å²) in [7, 11) is 3.45. The zero-order valence-electron chi connectivity index (χ0n) is 16.7. The lowest BCUT2D eigenvalue weighted by Crippen LogP contribution is -2.36. The first-order valence-corrected chi connectivity index (χ1v) is 10.2. The first-order chi connectivity index (χ1) is 13.6. The van der Waals surface area contributed by atoms with Gasteiger partial charge >= 0.3 is 0 Å². The van der Waals surface area contributed by atoms with Crippen molar-refractivity contribution in [2.75, 3.05) is 58.5 Å². The van der Waals surface area contributed by atoms with Gasteiger partial charge in [-0.3, -0.25) is 4.79 Å². The second kappa shape index (κ2) is 9.74. The van der Waals surface area contributed by atoms with Crippen LogP contribution in [0.2, 0.25) is 0 Å². The van der Waals surface area contributed by atoms with Gasteiger partial charge in [-0.15, -0.1) is 11.3 Å². The third-order valence-electron chi connectivity index (χ3n) is 4.70. The maximum atomic E-state index is 13.0. The molecule has 0 N–H and O–H groups in total. The minimum absolute atomic E-state index is 0.0156. The third kappa shape index (κ3) is 4.74. The number of morpholine rings is 1. The highest BCUT2D eigenvalue weighted by Gasteiger charge is 2.25. The van der Waals surface area contributed by atoms with Crippen molar-refractivity contribution in [2.45, 2.75) is 6.92 Å². The zero-order valence-corrected chi connectivity index (χ0v) is 17.5. The molecule has 28 heavy (non-hydrogen) atoms. The number of carbonyl (C=O) groups excluding carboxylic acids is 1. The fraction of sp³-hybridized carbons (Fsp3) is 0.409. The largest absolute Gasteiger partial charge is 0.383 e. The molecule has 5 nitrogen and oxygen atoms in total. The Morgan fingerprint density at radius 3 is 2.64 bits per heavy atom. The van der Waals surface area contributed by atoms with Crippen LogP contribution in [0.5, 0.6) is 0 Å². The van der Waals surface area contributed by atoms with Gasteiger partial charge in [0.1, 0.15) is 5.00 Å². The second-order valence-corrected chi connectivity index (χ2v) is 7.67. The van der Waals surface area contributed by atoms with Crippen LogP contribution in [0.15, 0.2) is 30.3 Å². The Kier molecular flexibility index (Phi) is 7.10. The van der Waals surface area contributed by atoms with Crippen molar-refractivity contribution in [2.24, 2.45) is 0 Å². The fourth-order valence-electron chi connectivity index (χ4n) is 3.00. The maximum absolute atomic E-state index is 13.0. The monoisotopic (exact) mass is 398 g/mol. The van der Waals surface area contributed by atoms with E-state index in [2.05, 4.69) is 16.7 Å². The molecule has 3 rings (SSSR count). The first-order valence-electron chi connectivity index (χ1n) is 9.39. The van der Waals surface area contributed by atoms with Gasteiger partial charge in [0.15, 0.2) is 0 Å². The van der Waals surface area contributed by atoms with Crippen LogP contribution >= 0.6 is 11.3 Å². The number of rotatable bonds is 5. The molecule has 1 aromatic carbocycles. The van der Waals surface area contributed by atoms with E-state index in [9.17, 15) is 4.79 Å². The van der Waals surface area contributed by atoms with Gasteiger partial charge in [-0.05, 0) is 24.6 Å². The van der Waals surface area contributed by atoms with E-state index >= 15 is 0 Å². The van der Waals surface area contributed by atoms with Crippen LogP contribution in [-0.4, -0.2) is 64.4 Å². The van der Waals surface area contributed by atoms with Crippen molar-refractivity contribution in [1.82, 2.24) is 4.90 Å². The summed E-state index contributed by atoms with van der Waals surface area (Å²) in [5.74, 6) is 6.60. The zero-order chi connectivity index (χ0) is 19.9. The molecule has 0 unspecified atom stereocenters. The summed E-state index contributed by atoms with van der Waals surface area (Å²) in [5.41, 5.74) is 2.86. The van der Waals surface area contributed by atoms with E-state index in [1.165, 1.54) is 11.3 Å². The Morgan fingerprint density at radius 1 is 1.25 bits per heavy atom. The molecule has 1 saturated heterocycles. The number of benzene rings is 1. The van der Waals surface area contributed by atoms with E-state index in [0.717, 1.165) is 39.7 Å². The molecular formula is C22H26N2O3S. The summed E-state index contributed by atoms with van der Waals surface area (Å²) in [6.07, 6.45) is 0. The maximum Gasteiger partial charge on any atom is 0.264 e. The molecule has 0 atom stereocenters. The van der Waals surface area contributed by atoms with Crippen LogP contribution in [0, 0.1) is 18.8 Å². The van der Waals surface area contributed by atoms with Gasteiger partial charge < -0.3 is 19.3 Å². The summed E-state index contributed by atoms with van der Waals surface area (Å²) in [4.78, 5) is 17.7. The minimum atomic E-state index is 0.0156. The number of likely N-dealkylation sites (N-methyl/N-ethyl adjacent to an activating group) is 1. The molecule has 0 radical (unpaired) electrons. The number of carbonyl (C=O) groups is 1. The highest BCUT2D eigenvalue weighted by atomic mass is 32.1. The van der Waals surface area contributed by atoms with Gasteiger partial charge in [-0.25, -0.2) is 0 Å². The average molecular weight is 399 g/mol. The van der Waals surface area contributed by atoms with Gasteiger partial charge in [0.25, 0.3) is 5.91 Å². The summed E-state index contributed by atoms with van der Waals surface area (Å²) in [6, 6.07) is 9.92. The molecule has 1 amide bonds. The molecule has 0 saturated carbocycles. The number of ether oxygens (including phenoxy) is 2. The Bertz CT molecular complexity index is 861. The lowest BCUT2D eigenvalue weighted by molar-refractivity contribution is 0.0748. The van der Waals surface area contributed by atoms with Crippen molar-refractivity contribution in [3.63, 3.8) is 0 Å². The Labute approximate surface area is 170 Å². The molecule has 1 aliphatic rings. The van der Waals surface area contributed by atoms with Crippen molar-refractivity contribution in [1.29, 1.82) is 0 Å². The van der Waals surface area contributed by atoms with E-state index in [-0.39, 0.29) is 5.91 Å². The number of methoxy groups -OCH3 is 1. The summed E-state index contributed by atoms with van der Waals surface area (Å²) >= 11 is 1.53. The highest BCUT2D eigenvalue weighted by Crippen LogP contribution is 2.36. The number of nitrogens with zero attached hydrogens (tertiary/aromatic N) is 2. The van der Waals surface area contributed by atoms with Gasteiger partial charge in [0.2, 0.25) is 0 Å². The highest BCUT2D eigenvalue weighted by molar-refractivity contribution is 7.18. The van der Waals surface area contributed by atoms with Crippen molar-refractivity contribution in [3.05, 3.63) is 51.9 Å². The van der Waals surface area contributed by atoms with Crippen LogP contribution < -0.4 is 4.90 Å². The lowest BCUT2D eigenvalue weighted by atomic mass is 10.1. The number of anilines is 1. The van der Waals surface area contributed by atoms with Crippen LogP contribution in [0.1, 0.15) is 26.4 Å². The minimum Gasteiger partial charge on any atom is -0.383 e. The molecular weight excluding hydrogens is 372 g/mol. The smallest absolute Gasteiger partial charge is 0.264 e. The van der Waals surface area contributed by atoms with E-state index < -0.39 is 0 Å². The van der Waals surface area contributed by atoms with E-state index in [0.29, 0.717) is 26.4 Å². The normalized spacial score (nSPS) is 13.8. The molecule has 2 aromatic rings. The standard InChI is InChI=1S/C22H26N2O3S/c1-17-19(10-9-18-7-5-4-6-8-18)22(24-12-15-27-16-13-24)28-20(17)21(25)23(2)11-14-26-3/h4-8H,11-16H2,1-3H3. The Balaban J connectivity index is 1.97. The van der Waals surface area contributed by atoms with Gasteiger partial charge in [-0.1, -0.05) is 30.0 Å². The SMILES string of the molecule is COCCN(C)C(=O)c1sc(N2CCOCC2)c(C#Cc2ccccc2)c1C. The van der Waals surface area contributed by atoms with Crippen LogP contribution in [-0.2, 0) is 9.47 Å². The molecule has 0 bridgehead atoms. The molecule has 148 valence electrons. The van der Waals surface area contributed by atoms with Gasteiger partial charge in [0, 0.05) is 39.4 Å². The van der Waals surface area contributed by atoms with Crippen LogP contribution in [0.25, 0.3) is 0 Å². The number of thiophene rings is 1. The molecule has 1 aliphatic heterocycles. The fourth-order valence-corrected chi connectivity index (χ4v) is 4.31. The Morgan fingerprint density at radius 2 is 1.96 bits per heavy atom. The molecule has 2 heterocycles. The quantitative estimate of drug-likeness (QED) is 0.726. The number of amides is 1. The van der Waals surface area contributed by atoms with E-state index in [1.807, 2.05) is 44.3 Å². The van der Waals surface area contributed by atoms with Gasteiger partial charge in [-0.2, -0.15) is 0 Å². The van der Waals surface area contributed by atoms with E-state index in [1.54, 1.807) is 12.0 Å². The second-order valence-electron chi connectivity index (χ2n) is 6.67. The van der Waals surface area contributed by atoms with Crippen molar-refractivity contribution < 1.29 is 14.3 Å². The van der Waals surface area contributed by atoms with Crippen molar-refractivity contribution >= 4 is 22.2 Å². The summed E-state index contributed by atoms with van der Waals surface area (Å²) in [6.45, 7) is 6.08. The van der Waals surface area contributed by atoms with Crippen molar-refractivity contribution in [3.8, 4) is 11.8 Å². The van der Waals surface area contributed by atoms with Gasteiger partial charge in [0.05, 0.1) is 30.3 Å². The predicted octanol–water partition coefficient (Wildman–Crippen LogP) is 3.01. The van der Waals surface area contributed by atoms with Crippen LogP contribution in [0.4, 0.5) is 5.00 Å². The van der Waals surface area contributed by atoms with Crippen LogP contribution in [0.3, 0.4) is 0 Å². The first kappa shape index (κ1) is 20.4. The molecule has 6 heteroatoms. The Hall–Kier alpha value is -2.33. The summed E-state index contributed by atoms with van der Waals surface area (Å²) in [5, 5.41) is 1.06. The molecule has 1 aromatic heterocycles. The average Bonchev–Trinajstić information content (AvgIpc) is 3.07. The topological polar surface area (TPSA) is 42.0 Å². The summed E-state index contributed by atoms with van der Waals surface area (Å²) < 4.78 is 10.6. The number of hydrogen-bond donors (Lipinski definition) is 0.